The number of aryl methyl sites for hydroxylation is 1. The molecule has 0 bridgehead atoms. The Labute approximate surface area is 190 Å². The molecule has 1 fully saturated rings. The fourth-order valence-electron chi connectivity index (χ4n) is 4.24. The van der Waals surface area contributed by atoms with E-state index in [-0.39, 0.29) is 18.4 Å². The first-order chi connectivity index (χ1) is 15.7. The zero-order valence-electron chi connectivity index (χ0n) is 17.7. The van der Waals surface area contributed by atoms with E-state index in [1.54, 1.807) is 11.8 Å². The number of ether oxygens (including phenoxy) is 1. The zero-order valence-corrected chi connectivity index (χ0v) is 18.6. The summed E-state index contributed by atoms with van der Waals surface area (Å²) in [6.07, 6.45) is 2.97. The lowest BCUT2D eigenvalue weighted by Crippen LogP contribution is -2.19. The maximum Gasteiger partial charge on any atom is 0.217 e. The lowest BCUT2D eigenvalue weighted by atomic mass is 10.0. The SMILES string of the molecule is NC(=O)CCc1nnc(SCc2nc3ccccc3c3ccccc23)n1C[C@@H]1CCCO1. The highest BCUT2D eigenvalue weighted by atomic mass is 32.2. The number of carbonyl (C=O) groups is 1. The molecule has 1 aliphatic heterocycles. The van der Waals surface area contributed by atoms with Crippen molar-refractivity contribution >= 4 is 39.3 Å². The summed E-state index contributed by atoms with van der Waals surface area (Å²) in [4.78, 5) is 16.3. The smallest absolute Gasteiger partial charge is 0.217 e. The lowest BCUT2D eigenvalue weighted by molar-refractivity contribution is -0.118. The number of primary amides is 1. The van der Waals surface area contributed by atoms with Crippen LogP contribution >= 0.6 is 11.8 Å². The van der Waals surface area contributed by atoms with E-state index in [0.717, 1.165) is 52.4 Å². The number of hydrogen-bond acceptors (Lipinski definition) is 6. The summed E-state index contributed by atoms with van der Waals surface area (Å²) in [5.74, 6) is 1.11. The van der Waals surface area contributed by atoms with Gasteiger partial charge in [-0.1, -0.05) is 54.2 Å². The molecule has 0 unspecified atom stereocenters. The van der Waals surface area contributed by atoms with Crippen LogP contribution in [-0.2, 0) is 28.2 Å². The maximum absolute atomic E-state index is 11.3. The van der Waals surface area contributed by atoms with E-state index in [1.807, 2.05) is 12.1 Å². The number of carbonyl (C=O) groups excluding carboxylic acids is 1. The molecule has 5 rings (SSSR count). The number of thioether (sulfide) groups is 1. The maximum atomic E-state index is 11.3. The fourth-order valence-corrected chi connectivity index (χ4v) is 5.16. The first-order valence-electron chi connectivity index (χ1n) is 10.9. The van der Waals surface area contributed by atoms with Gasteiger partial charge in [0, 0.05) is 36.0 Å². The first-order valence-corrected chi connectivity index (χ1v) is 11.9. The summed E-state index contributed by atoms with van der Waals surface area (Å²) in [7, 11) is 0. The second-order valence-electron chi connectivity index (χ2n) is 8.02. The van der Waals surface area contributed by atoms with Crippen LogP contribution < -0.4 is 5.73 Å². The number of hydrogen-bond donors (Lipinski definition) is 1. The van der Waals surface area contributed by atoms with E-state index in [4.69, 9.17) is 15.5 Å². The third-order valence-electron chi connectivity index (χ3n) is 5.82. The molecule has 8 heteroatoms. The highest BCUT2D eigenvalue weighted by Crippen LogP contribution is 2.31. The van der Waals surface area contributed by atoms with Gasteiger partial charge in [0.1, 0.15) is 5.82 Å². The molecule has 1 aliphatic rings. The molecule has 2 aromatic carbocycles. The van der Waals surface area contributed by atoms with Crippen LogP contribution in [0.25, 0.3) is 21.7 Å². The molecule has 2 N–H and O–H groups in total. The molecular formula is C24H25N5O2S. The molecule has 1 amide bonds. The van der Waals surface area contributed by atoms with E-state index in [1.165, 1.54) is 5.39 Å². The quantitative estimate of drug-likeness (QED) is 0.325. The third kappa shape index (κ3) is 4.33. The van der Waals surface area contributed by atoms with Crippen LogP contribution in [0, 0.1) is 0 Å². The van der Waals surface area contributed by atoms with Crippen molar-refractivity contribution in [3.63, 3.8) is 0 Å². The summed E-state index contributed by atoms with van der Waals surface area (Å²) in [5.41, 5.74) is 7.37. The van der Waals surface area contributed by atoms with Gasteiger partial charge in [-0.3, -0.25) is 9.78 Å². The standard InChI is InChI=1S/C24H25N5O2S/c25-22(30)11-12-23-27-28-24(29(23)14-16-6-5-13-31-16)32-15-21-19-9-2-1-7-17(19)18-8-3-4-10-20(18)26-21/h1-4,7-10,16H,5-6,11-15H2,(H2,25,30)/t16-/m0/s1. The minimum atomic E-state index is -0.335. The van der Waals surface area contributed by atoms with Gasteiger partial charge >= 0.3 is 0 Å². The molecule has 0 spiro atoms. The van der Waals surface area contributed by atoms with Crippen LogP contribution in [0.4, 0.5) is 0 Å². The van der Waals surface area contributed by atoms with Gasteiger partial charge in [-0.25, -0.2) is 0 Å². The van der Waals surface area contributed by atoms with Crippen molar-refractivity contribution in [3.05, 3.63) is 60.0 Å². The van der Waals surface area contributed by atoms with Crippen LogP contribution in [0.15, 0.2) is 53.7 Å². The van der Waals surface area contributed by atoms with E-state index < -0.39 is 0 Å². The summed E-state index contributed by atoms with van der Waals surface area (Å²) in [5, 5.41) is 13.1. The van der Waals surface area contributed by atoms with Crippen LogP contribution in [0.5, 0.6) is 0 Å². The van der Waals surface area contributed by atoms with E-state index in [2.05, 4.69) is 51.2 Å². The number of rotatable bonds is 8. The molecule has 0 saturated carbocycles. The zero-order chi connectivity index (χ0) is 21.9. The molecule has 1 saturated heterocycles. The molecule has 0 aliphatic carbocycles. The molecular weight excluding hydrogens is 422 g/mol. The molecule has 164 valence electrons. The highest BCUT2D eigenvalue weighted by molar-refractivity contribution is 7.98. The summed E-state index contributed by atoms with van der Waals surface area (Å²) in [6, 6.07) is 16.6. The van der Waals surface area contributed by atoms with E-state index >= 15 is 0 Å². The van der Waals surface area contributed by atoms with Crippen molar-refractivity contribution in [2.45, 2.75) is 49.2 Å². The van der Waals surface area contributed by atoms with Gasteiger partial charge < -0.3 is 15.0 Å². The largest absolute Gasteiger partial charge is 0.376 e. The van der Waals surface area contributed by atoms with Gasteiger partial charge in [0.2, 0.25) is 5.91 Å². The van der Waals surface area contributed by atoms with Crippen molar-refractivity contribution in [2.75, 3.05) is 6.61 Å². The predicted molar refractivity (Wildman–Crippen MR) is 125 cm³/mol. The van der Waals surface area contributed by atoms with Crippen LogP contribution in [0.2, 0.25) is 0 Å². The van der Waals surface area contributed by atoms with Gasteiger partial charge in [-0.15, -0.1) is 10.2 Å². The average molecular weight is 448 g/mol. The predicted octanol–water partition coefficient (Wildman–Crippen LogP) is 3.87. The highest BCUT2D eigenvalue weighted by Gasteiger charge is 2.21. The summed E-state index contributed by atoms with van der Waals surface area (Å²) >= 11 is 1.62. The Balaban J connectivity index is 1.45. The van der Waals surface area contributed by atoms with Crippen molar-refractivity contribution in [3.8, 4) is 0 Å². The molecule has 32 heavy (non-hydrogen) atoms. The summed E-state index contributed by atoms with van der Waals surface area (Å²) in [6.45, 7) is 1.48. The summed E-state index contributed by atoms with van der Waals surface area (Å²) < 4.78 is 7.93. The van der Waals surface area contributed by atoms with E-state index in [9.17, 15) is 4.79 Å². The minimum Gasteiger partial charge on any atom is -0.376 e. The number of benzene rings is 2. The Bertz CT molecular complexity index is 1270. The number of fused-ring (bicyclic) bond motifs is 3. The van der Waals surface area contributed by atoms with Crippen molar-refractivity contribution in [1.29, 1.82) is 0 Å². The Kier molecular flexibility index (Phi) is 6.05. The molecule has 2 aromatic heterocycles. The second-order valence-corrected chi connectivity index (χ2v) is 8.96. The van der Waals surface area contributed by atoms with E-state index in [0.29, 0.717) is 18.7 Å². The number of nitrogens with zero attached hydrogens (tertiary/aromatic N) is 4. The lowest BCUT2D eigenvalue weighted by Gasteiger charge is -2.15. The van der Waals surface area contributed by atoms with Gasteiger partial charge in [0.15, 0.2) is 5.16 Å². The Morgan fingerprint density at radius 2 is 1.88 bits per heavy atom. The molecule has 3 heterocycles. The van der Waals surface area contributed by atoms with Crippen molar-refractivity contribution in [1.82, 2.24) is 19.7 Å². The topological polar surface area (TPSA) is 95.9 Å². The average Bonchev–Trinajstić information content (AvgIpc) is 3.46. The van der Waals surface area contributed by atoms with Crippen LogP contribution in [0.3, 0.4) is 0 Å². The second kappa shape index (κ2) is 9.26. The van der Waals surface area contributed by atoms with Gasteiger partial charge in [0.25, 0.3) is 0 Å². The third-order valence-corrected chi connectivity index (χ3v) is 6.80. The van der Waals surface area contributed by atoms with Crippen LogP contribution in [-0.4, -0.2) is 38.4 Å². The number of pyridine rings is 1. The Hall–Kier alpha value is -2.97. The Morgan fingerprint density at radius 3 is 2.66 bits per heavy atom. The first kappa shape index (κ1) is 20.9. The van der Waals surface area contributed by atoms with Gasteiger partial charge in [-0.05, 0) is 24.3 Å². The van der Waals surface area contributed by atoms with Gasteiger partial charge in [-0.2, -0.15) is 0 Å². The molecule has 7 nitrogen and oxygen atoms in total. The molecule has 0 radical (unpaired) electrons. The molecule has 4 aromatic rings. The monoisotopic (exact) mass is 447 g/mol. The van der Waals surface area contributed by atoms with Crippen molar-refractivity contribution in [2.24, 2.45) is 5.73 Å². The number of amides is 1. The normalized spacial score (nSPS) is 16.2. The number of nitrogens with two attached hydrogens (primary N) is 1. The number of aromatic nitrogens is 4. The Morgan fingerprint density at radius 1 is 1.09 bits per heavy atom. The van der Waals surface area contributed by atoms with Crippen molar-refractivity contribution < 1.29 is 9.53 Å². The minimum absolute atomic E-state index is 0.150. The molecule has 1 atom stereocenters. The fraction of sp³-hybridized carbons (Fsp3) is 0.333. The van der Waals surface area contributed by atoms with Crippen LogP contribution in [0.1, 0.15) is 30.8 Å². The van der Waals surface area contributed by atoms with Gasteiger partial charge in [0.05, 0.1) is 23.9 Å². The number of para-hydroxylation sites is 1.